The summed E-state index contributed by atoms with van der Waals surface area (Å²) in [4.78, 5) is 15.6. The van der Waals surface area contributed by atoms with Crippen molar-refractivity contribution in [3.05, 3.63) is 75.8 Å². The van der Waals surface area contributed by atoms with E-state index in [9.17, 15) is 22.0 Å². The van der Waals surface area contributed by atoms with Gasteiger partial charge in [-0.3, -0.25) is 9.52 Å². The van der Waals surface area contributed by atoms with Gasteiger partial charge in [0.1, 0.15) is 11.6 Å². The van der Waals surface area contributed by atoms with Gasteiger partial charge in [0.15, 0.2) is 5.13 Å². The predicted molar refractivity (Wildman–Crippen MR) is 102 cm³/mol. The van der Waals surface area contributed by atoms with Gasteiger partial charge in [-0.05, 0) is 35.9 Å². The fourth-order valence-electron chi connectivity index (χ4n) is 2.22. The number of rotatable bonds is 6. The highest BCUT2D eigenvalue weighted by atomic mass is 35.5. The van der Waals surface area contributed by atoms with Gasteiger partial charge in [0.25, 0.3) is 15.9 Å². The molecule has 3 rings (SSSR count). The largest absolute Gasteiger partial charge is 0.348 e. The first-order valence-electron chi connectivity index (χ1n) is 7.70. The zero-order valence-electron chi connectivity index (χ0n) is 13.9. The first kappa shape index (κ1) is 20.2. The monoisotopic (exact) mass is 443 g/mol. The molecular weight excluding hydrogens is 432 g/mol. The number of hydrogen-bond acceptors (Lipinski definition) is 5. The number of halogens is 3. The van der Waals surface area contributed by atoms with E-state index in [0.717, 1.165) is 35.6 Å². The second-order valence-electron chi connectivity index (χ2n) is 5.52. The van der Waals surface area contributed by atoms with E-state index in [2.05, 4.69) is 15.0 Å². The molecule has 1 aromatic heterocycles. The first-order valence-corrected chi connectivity index (χ1v) is 10.4. The molecule has 0 radical (unpaired) electrons. The van der Waals surface area contributed by atoms with Gasteiger partial charge < -0.3 is 5.32 Å². The summed E-state index contributed by atoms with van der Waals surface area (Å²) >= 11 is 6.66. The van der Waals surface area contributed by atoms with Crippen molar-refractivity contribution in [2.75, 3.05) is 4.72 Å². The number of benzene rings is 2. The highest BCUT2D eigenvalue weighted by Crippen LogP contribution is 2.20. The molecule has 146 valence electrons. The standard InChI is InChI=1S/C17H12ClF2N3O3S2/c18-13-4-1-10(7-15(13)20)9-22-16(24)12-3-2-11(8-14(12)19)28(25,26)23-17-21-5-6-27-17/h1-8H,9H2,(H,21,23)(H,22,24). The maximum Gasteiger partial charge on any atom is 0.263 e. The number of aromatic nitrogens is 1. The molecule has 0 atom stereocenters. The average molecular weight is 444 g/mol. The second kappa shape index (κ2) is 8.21. The van der Waals surface area contributed by atoms with Crippen LogP contribution in [0.2, 0.25) is 5.02 Å². The second-order valence-corrected chi connectivity index (χ2v) is 8.50. The molecule has 6 nitrogen and oxygen atoms in total. The molecule has 0 saturated heterocycles. The maximum atomic E-state index is 14.3. The number of nitrogens with one attached hydrogen (secondary N) is 2. The smallest absolute Gasteiger partial charge is 0.263 e. The molecule has 0 unspecified atom stereocenters. The third-order valence-corrected chi connectivity index (χ3v) is 6.05. The Morgan fingerprint density at radius 3 is 2.57 bits per heavy atom. The Labute approximate surface area is 168 Å². The summed E-state index contributed by atoms with van der Waals surface area (Å²) in [6.45, 7) is -0.0575. The molecular formula is C17H12ClF2N3O3S2. The van der Waals surface area contributed by atoms with E-state index in [1.54, 1.807) is 5.38 Å². The van der Waals surface area contributed by atoms with Crippen LogP contribution in [0.5, 0.6) is 0 Å². The highest BCUT2D eigenvalue weighted by molar-refractivity contribution is 7.93. The lowest BCUT2D eigenvalue weighted by Gasteiger charge is -2.09. The van der Waals surface area contributed by atoms with Gasteiger partial charge in [-0.15, -0.1) is 11.3 Å². The van der Waals surface area contributed by atoms with Gasteiger partial charge in [0.05, 0.1) is 15.5 Å². The lowest BCUT2D eigenvalue weighted by molar-refractivity contribution is 0.0946. The van der Waals surface area contributed by atoms with Crippen molar-refractivity contribution in [1.29, 1.82) is 0 Å². The van der Waals surface area contributed by atoms with Crippen LogP contribution in [0.25, 0.3) is 0 Å². The van der Waals surface area contributed by atoms with Crippen LogP contribution < -0.4 is 10.0 Å². The van der Waals surface area contributed by atoms with Crippen molar-refractivity contribution in [3.8, 4) is 0 Å². The van der Waals surface area contributed by atoms with Crippen LogP contribution in [0.15, 0.2) is 52.9 Å². The number of sulfonamides is 1. The number of amides is 1. The molecule has 2 N–H and O–H groups in total. The molecule has 0 aliphatic heterocycles. The van der Waals surface area contributed by atoms with Gasteiger partial charge in [-0.2, -0.15) is 0 Å². The molecule has 0 aliphatic carbocycles. The predicted octanol–water partition coefficient (Wildman–Crippen LogP) is 3.81. The van der Waals surface area contributed by atoms with Crippen molar-refractivity contribution in [1.82, 2.24) is 10.3 Å². The van der Waals surface area contributed by atoms with Crippen molar-refractivity contribution >= 4 is 44.0 Å². The number of carbonyl (C=O) groups is 1. The van der Waals surface area contributed by atoms with Crippen LogP contribution in [0.4, 0.5) is 13.9 Å². The first-order chi connectivity index (χ1) is 13.3. The van der Waals surface area contributed by atoms with Crippen LogP contribution >= 0.6 is 22.9 Å². The number of anilines is 1. The number of hydrogen-bond donors (Lipinski definition) is 2. The summed E-state index contributed by atoms with van der Waals surface area (Å²) in [5.74, 6) is -2.42. The molecule has 0 bridgehead atoms. The fourth-order valence-corrected chi connectivity index (χ4v) is 4.14. The van der Waals surface area contributed by atoms with Crippen LogP contribution in [0.3, 0.4) is 0 Å². The minimum absolute atomic E-state index is 0.0516. The number of thiazole rings is 1. The molecule has 1 heterocycles. The molecule has 0 aliphatic rings. The van der Waals surface area contributed by atoms with E-state index < -0.39 is 27.6 Å². The van der Waals surface area contributed by atoms with E-state index in [1.165, 1.54) is 18.3 Å². The van der Waals surface area contributed by atoms with Gasteiger partial charge in [0.2, 0.25) is 0 Å². The van der Waals surface area contributed by atoms with Crippen molar-refractivity contribution in [3.63, 3.8) is 0 Å². The summed E-state index contributed by atoms with van der Waals surface area (Å²) in [6, 6.07) is 6.92. The minimum atomic E-state index is -4.04. The molecule has 3 aromatic rings. The van der Waals surface area contributed by atoms with Crippen LogP contribution in [-0.4, -0.2) is 19.3 Å². The number of carbonyl (C=O) groups excluding carboxylic acids is 1. The number of nitrogens with zero attached hydrogens (tertiary/aromatic N) is 1. The minimum Gasteiger partial charge on any atom is -0.348 e. The molecule has 1 amide bonds. The normalized spacial score (nSPS) is 11.2. The Kier molecular flexibility index (Phi) is 5.92. The molecule has 28 heavy (non-hydrogen) atoms. The Bertz CT molecular complexity index is 1120. The van der Waals surface area contributed by atoms with Crippen LogP contribution in [0.1, 0.15) is 15.9 Å². The van der Waals surface area contributed by atoms with Crippen LogP contribution in [-0.2, 0) is 16.6 Å². The van der Waals surface area contributed by atoms with Crippen molar-refractivity contribution in [2.24, 2.45) is 0 Å². The highest BCUT2D eigenvalue weighted by Gasteiger charge is 2.20. The van der Waals surface area contributed by atoms with E-state index in [1.807, 2.05) is 0 Å². The van der Waals surface area contributed by atoms with E-state index >= 15 is 0 Å². The van der Waals surface area contributed by atoms with Gasteiger partial charge in [-0.25, -0.2) is 22.2 Å². The third-order valence-electron chi connectivity index (χ3n) is 3.59. The molecule has 0 spiro atoms. The van der Waals surface area contributed by atoms with Gasteiger partial charge >= 0.3 is 0 Å². The maximum absolute atomic E-state index is 14.3. The molecule has 0 saturated carbocycles. The topological polar surface area (TPSA) is 88.2 Å². The summed E-state index contributed by atoms with van der Waals surface area (Å²) in [5.41, 5.74) is 0.0881. The molecule has 2 aromatic carbocycles. The lowest BCUT2D eigenvalue weighted by atomic mass is 10.2. The molecule has 0 fully saturated rings. The Morgan fingerprint density at radius 2 is 1.93 bits per heavy atom. The zero-order chi connectivity index (χ0) is 20.3. The Hall–Kier alpha value is -2.56. The van der Waals surface area contributed by atoms with Crippen molar-refractivity contribution in [2.45, 2.75) is 11.4 Å². The average Bonchev–Trinajstić information content (AvgIpc) is 3.14. The summed E-state index contributed by atoms with van der Waals surface area (Å²) < 4.78 is 54.4. The summed E-state index contributed by atoms with van der Waals surface area (Å²) in [6.07, 6.45) is 1.42. The quantitative estimate of drug-likeness (QED) is 0.606. The SMILES string of the molecule is O=C(NCc1ccc(Cl)c(F)c1)c1ccc(S(=O)(=O)Nc2nccs2)cc1F. The van der Waals surface area contributed by atoms with E-state index in [0.29, 0.717) is 5.56 Å². The lowest BCUT2D eigenvalue weighted by Crippen LogP contribution is -2.24. The third kappa shape index (κ3) is 4.64. The fraction of sp³-hybridized carbons (Fsp3) is 0.0588. The Morgan fingerprint density at radius 1 is 1.14 bits per heavy atom. The summed E-state index contributed by atoms with van der Waals surface area (Å²) in [7, 11) is -4.04. The van der Waals surface area contributed by atoms with Gasteiger partial charge in [-0.1, -0.05) is 17.7 Å². The Balaban J connectivity index is 1.72. The summed E-state index contributed by atoms with van der Waals surface area (Å²) in [5, 5.41) is 4.10. The van der Waals surface area contributed by atoms with E-state index in [4.69, 9.17) is 11.6 Å². The zero-order valence-corrected chi connectivity index (χ0v) is 16.3. The van der Waals surface area contributed by atoms with E-state index in [-0.39, 0.29) is 27.2 Å². The van der Waals surface area contributed by atoms with Crippen LogP contribution in [0, 0.1) is 11.6 Å². The van der Waals surface area contributed by atoms with Gasteiger partial charge in [0, 0.05) is 18.1 Å². The van der Waals surface area contributed by atoms with Crippen molar-refractivity contribution < 1.29 is 22.0 Å². The molecule has 11 heteroatoms.